The fourth-order valence-electron chi connectivity index (χ4n) is 4.82. The van der Waals surface area contributed by atoms with Crippen LogP contribution < -0.4 is 5.32 Å². The van der Waals surface area contributed by atoms with Crippen molar-refractivity contribution in [2.45, 2.75) is 54.9 Å². The molecule has 5 rings (SSSR count). The van der Waals surface area contributed by atoms with E-state index in [9.17, 15) is 18.0 Å². The molecular formula is C23H24N2O4S. The first-order valence-electron chi connectivity index (χ1n) is 10.5. The first-order valence-corrected chi connectivity index (χ1v) is 11.9. The van der Waals surface area contributed by atoms with Gasteiger partial charge in [0.1, 0.15) is 4.90 Å². The SMILES string of the molecule is O=C(NCC1(c2ccccc2)CCCC1)c1ccc2c(c1)S(=O)(=O)N(C1CC1)C2=O. The molecule has 1 heterocycles. The second-order valence-electron chi connectivity index (χ2n) is 8.58. The van der Waals surface area contributed by atoms with E-state index < -0.39 is 15.9 Å². The molecule has 0 spiro atoms. The molecule has 2 fully saturated rings. The van der Waals surface area contributed by atoms with E-state index in [-0.39, 0.29) is 33.4 Å². The molecule has 0 atom stereocenters. The van der Waals surface area contributed by atoms with Crippen molar-refractivity contribution in [3.63, 3.8) is 0 Å². The molecule has 2 aromatic rings. The smallest absolute Gasteiger partial charge is 0.269 e. The van der Waals surface area contributed by atoms with Gasteiger partial charge >= 0.3 is 0 Å². The van der Waals surface area contributed by atoms with Crippen LogP contribution in [-0.2, 0) is 15.4 Å². The van der Waals surface area contributed by atoms with Crippen LogP contribution in [0.4, 0.5) is 0 Å². The van der Waals surface area contributed by atoms with Gasteiger partial charge < -0.3 is 5.32 Å². The molecule has 0 unspecified atom stereocenters. The van der Waals surface area contributed by atoms with E-state index in [1.54, 1.807) is 6.07 Å². The number of sulfonamides is 1. The molecule has 0 radical (unpaired) electrons. The maximum Gasteiger partial charge on any atom is 0.269 e. The lowest BCUT2D eigenvalue weighted by Gasteiger charge is -2.30. The topological polar surface area (TPSA) is 83.6 Å². The Balaban J connectivity index is 1.38. The summed E-state index contributed by atoms with van der Waals surface area (Å²) < 4.78 is 26.6. The van der Waals surface area contributed by atoms with Gasteiger partial charge in [0.05, 0.1) is 5.56 Å². The summed E-state index contributed by atoms with van der Waals surface area (Å²) in [6, 6.07) is 14.4. The molecule has 0 aromatic heterocycles. The highest BCUT2D eigenvalue weighted by molar-refractivity contribution is 7.90. The third-order valence-electron chi connectivity index (χ3n) is 6.62. The fourth-order valence-corrected chi connectivity index (χ4v) is 6.66. The van der Waals surface area contributed by atoms with Gasteiger partial charge in [0.25, 0.3) is 21.8 Å². The zero-order chi connectivity index (χ0) is 20.9. The summed E-state index contributed by atoms with van der Waals surface area (Å²) >= 11 is 0. The molecule has 0 saturated heterocycles. The summed E-state index contributed by atoms with van der Waals surface area (Å²) in [5, 5.41) is 3.02. The first-order chi connectivity index (χ1) is 14.4. The van der Waals surface area contributed by atoms with Crippen molar-refractivity contribution in [1.29, 1.82) is 0 Å². The minimum atomic E-state index is -3.87. The van der Waals surface area contributed by atoms with Gasteiger partial charge in [-0.25, -0.2) is 12.7 Å². The van der Waals surface area contributed by atoms with Crippen LogP contribution in [0.15, 0.2) is 53.4 Å². The Morgan fingerprint density at radius 1 is 1.07 bits per heavy atom. The number of rotatable bonds is 5. The van der Waals surface area contributed by atoms with E-state index in [0.29, 0.717) is 19.4 Å². The Labute approximate surface area is 176 Å². The molecule has 0 bridgehead atoms. The molecule has 3 aliphatic rings. The monoisotopic (exact) mass is 424 g/mol. The van der Waals surface area contributed by atoms with Crippen molar-refractivity contribution in [3.05, 3.63) is 65.2 Å². The number of nitrogens with one attached hydrogen (secondary N) is 1. The number of benzene rings is 2. The molecule has 1 aliphatic heterocycles. The Bertz CT molecular complexity index is 1120. The summed E-state index contributed by atoms with van der Waals surface area (Å²) in [4.78, 5) is 25.4. The average molecular weight is 425 g/mol. The van der Waals surface area contributed by atoms with Crippen molar-refractivity contribution in [3.8, 4) is 0 Å². The Morgan fingerprint density at radius 2 is 1.77 bits per heavy atom. The van der Waals surface area contributed by atoms with E-state index in [1.807, 2.05) is 18.2 Å². The number of nitrogens with zero attached hydrogens (tertiary/aromatic N) is 1. The van der Waals surface area contributed by atoms with Crippen molar-refractivity contribution in [1.82, 2.24) is 9.62 Å². The number of fused-ring (bicyclic) bond motifs is 1. The molecule has 156 valence electrons. The zero-order valence-electron chi connectivity index (χ0n) is 16.6. The Hall–Kier alpha value is -2.67. The molecule has 30 heavy (non-hydrogen) atoms. The van der Waals surface area contributed by atoms with E-state index in [4.69, 9.17) is 0 Å². The minimum Gasteiger partial charge on any atom is -0.351 e. The summed E-state index contributed by atoms with van der Waals surface area (Å²) in [6.07, 6.45) is 5.69. The number of hydrogen-bond acceptors (Lipinski definition) is 4. The number of amides is 2. The summed E-state index contributed by atoms with van der Waals surface area (Å²) in [6.45, 7) is 0.507. The highest BCUT2D eigenvalue weighted by Crippen LogP contribution is 2.41. The predicted octanol–water partition coefficient (Wildman–Crippen LogP) is 3.24. The van der Waals surface area contributed by atoms with Crippen LogP contribution in [0, 0.1) is 0 Å². The van der Waals surface area contributed by atoms with E-state index in [0.717, 1.165) is 30.0 Å². The first kappa shape index (κ1) is 19.3. The van der Waals surface area contributed by atoms with Gasteiger partial charge in [-0.05, 0) is 49.4 Å². The van der Waals surface area contributed by atoms with Crippen molar-refractivity contribution < 1.29 is 18.0 Å². The average Bonchev–Trinajstić information content (AvgIpc) is 3.42. The third kappa shape index (κ3) is 3.03. The summed E-state index contributed by atoms with van der Waals surface area (Å²) in [5.41, 5.74) is 1.57. The second-order valence-corrected chi connectivity index (χ2v) is 10.4. The molecule has 6 nitrogen and oxygen atoms in total. The summed E-state index contributed by atoms with van der Waals surface area (Å²) in [5.74, 6) is -0.791. The number of carbonyl (C=O) groups is 2. The van der Waals surface area contributed by atoms with Crippen molar-refractivity contribution in [2.75, 3.05) is 6.54 Å². The van der Waals surface area contributed by atoms with Crippen LogP contribution in [0.1, 0.15) is 64.8 Å². The van der Waals surface area contributed by atoms with Gasteiger partial charge in [0.2, 0.25) is 0 Å². The largest absolute Gasteiger partial charge is 0.351 e. The lowest BCUT2D eigenvalue weighted by molar-refractivity contribution is 0.0863. The molecular weight excluding hydrogens is 400 g/mol. The lowest BCUT2D eigenvalue weighted by atomic mass is 9.79. The third-order valence-corrected chi connectivity index (χ3v) is 8.50. The van der Waals surface area contributed by atoms with Gasteiger partial charge in [-0.15, -0.1) is 0 Å². The molecule has 1 N–H and O–H groups in total. The van der Waals surface area contributed by atoms with Crippen LogP contribution >= 0.6 is 0 Å². The molecule has 2 saturated carbocycles. The summed E-state index contributed by atoms with van der Waals surface area (Å²) in [7, 11) is -3.87. The Morgan fingerprint density at radius 3 is 2.43 bits per heavy atom. The van der Waals surface area contributed by atoms with E-state index in [1.165, 1.54) is 17.7 Å². The lowest BCUT2D eigenvalue weighted by Crippen LogP contribution is -2.39. The van der Waals surface area contributed by atoms with Gasteiger partial charge in [-0.2, -0.15) is 0 Å². The molecule has 2 amide bonds. The normalized spacial score (nSPS) is 21.5. The van der Waals surface area contributed by atoms with E-state index >= 15 is 0 Å². The minimum absolute atomic E-state index is 0.0503. The maximum atomic E-state index is 12.9. The second kappa shape index (κ2) is 6.94. The maximum absolute atomic E-state index is 12.9. The fraction of sp³-hybridized carbons (Fsp3) is 0.391. The number of carbonyl (C=O) groups excluding carboxylic acids is 2. The van der Waals surface area contributed by atoms with Gasteiger partial charge in [0.15, 0.2) is 0 Å². The van der Waals surface area contributed by atoms with Crippen LogP contribution in [0.25, 0.3) is 0 Å². The van der Waals surface area contributed by atoms with Gasteiger partial charge in [-0.1, -0.05) is 43.2 Å². The predicted molar refractivity (Wildman–Crippen MR) is 112 cm³/mol. The van der Waals surface area contributed by atoms with Gasteiger partial charge in [0, 0.05) is 23.6 Å². The molecule has 7 heteroatoms. The Kier molecular flexibility index (Phi) is 4.47. The highest BCUT2D eigenvalue weighted by atomic mass is 32.2. The van der Waals surface area contributed by atoms with Gasteiger partial charge in [-0.3, -0.25) is 9.59 Å². The zero-order valence-corrected chi connectivity index (χ0v) is 17.5. The quantitative estimate of drug-likeness (QED) is 0.799. The number of hydrogen-bond donors (Lipinski definition) is 1. The van der Waals surface area contributed by atoms with Crippen molar-refractivity contribution in [2.24, 2.45) is 0 Å². The van der Waals surface area contributed by atoms with Crippen LogP contribution in [0.5, 0.6) is 0 Å². The van der Waals surface area contributed by atoms with Crippen LogP contribution in [-0.4, -0.2) is 37.1 Å². The van der Waals surface area contributed by atoms with Crippen molar-refractivity contribution >= 4 is 21.8 Å². The van der Waals surface area contributed by atoms with Crippen LogP contribution in [0.2, 0.25) is 0 Å². The molecule has 2 aromatic carbocycles. The standard InChI is InChI=1S/C23H24N2O4S/c26-21(24-15-23(12-4-5-13-23)17-6-2-1-3-7-17)16-8-11-19-20(14-16)30(28,29)25(22(19)27)18-9-10-18/h1-3,6-8,11,14,18H,4-5,9-10,12-13,15H2,(H,24,26). The van der Waals surface area contributed by atoms with E-state index in [2.05, 4.69) is 17.4 Å². The molecule has 2 aliphatic carbocycles. The highest BCUT2D eigenvalue weighted by Gasteiger charge is 2.49. The van der Waals surface area contributed by atoms with Crippen LogP contribution in [0.3, 0.4) is 0 Å².